The molecule has 0 spiro atoms. The molecule has 1 aromatic heterocycles. The van der Waals surface area contributed by atoms with E-state index in [0.29, 0.717) is 5.56 Å². The Morgan fingerprint density at radius 2 is 2.11 bits per heavy atom. The second-order valence-corrected chi connectivity index (χ2v) is 3.67. The van der Waals surface area contributed by atoms with E-state index in [9.17, 15) is 14.0 Å². The van der Waals surface area contributed by atoms with Crippen LogP contribution in [0, 0.1) is 17.1 Å². The highest BCUT2D eigenvalue weighted by atomic mass is 19.1. The highest BCUT2D eigenvalue weighted by Gasteiger charge is 2.05. The Morgan fingerprint density at radius 1 is 1.33 bits per heavy atom. The van der Waals surface area contributed by atoms with E-state index in [1.807, 2.05) is 6.07 Å². The summed E-state index contributed by atoms with van der Waals surface area (Å²) >= 11 is 0. The van der Waals surface area contributed by atoms with Gasteiger partial charge in [0.1, 0.15) is 5.82 Å². The zero-order valence-electron chi connectivity index (χ0n) is 9.18. The van der Waals surface area contributed by atoms with E-state index < -0.39 is 17.1 Å². The van der Waals surface area contributed by atoms with Crippen LogP contribution in [0.4, 0.5) is 4.39 Å². The smallest absolute Gasteiger partial charge is 0.314 e. The van der Waals surface area contributed by atoms with Gasteiger partial charge in [0, 0.05) is 12.3 Å². The van der Waals surface area contributed by atoms with Gasteiger partial charge in [-0.3, -0.25) is 9.36 Å². The van der Waals surface area contributed by atoms with Crippen LogP contribution in [-0.4, -0.2) is 9.55 Å². The fourth-order valence-electron chi connectivity index (χ4n) is 1.59. The molecule has 0 saturated carbocycles. The van der Waals surface area contributed by atoms with Crippen LogP contribution in [0.15, 0.2) is 40.1 Å². The summed E-state index contributed by atoms with van der Waals surface area (Å²) in [4.78, 5) is 25.3. The number of nitriles is 1. The van der Waals surface area contributed by atoms with Crippen molar-refractivity contribution in [3.8, 4) is 6.07 Å². The molecular weight excluding hydrogens is 237 g/mol. The predicted octanol–water partition coefficient (Wildman–Crippen LogP) is 0.596. The number of nitrogens with one attached hydrogen (secondary N) is 1. The van der Waals surface area contributed by atoms with Crippen LogP contribution in [0.25, 0.3) is 0 Å². The quantitative estimate of drug-likeness (QED) is 0.841. The minimum absolute atomic E-state index is 0.0819. The Kier molecular flexibility index (Phi) is 3.06. The molecule has 2 aromatic rings. The number of hydrogen-bond donors (Lipinski definition) is 1. The standard InChI is InChI=1S/C12H8FN3O2/c13-10-4-8(6-14)3-9(5-10)7-16-11(17)1-2-15-12(16)18/h1-5H,7H2,(H,15,18). The molecule has 6 heteroatoms. The van der Waals surface area contributed by atoms with Crippen molar-refractivity contribution in [3.05, 3.63) is 68.2 Å². The number of aromatic nitrogens is 2. The molecule has 0 radical (unpaired) electrons. The van der Waals surface area contributed by atoms with Crippen LogP contribution < -0.4 is 11.2 Å². The lowest BCUT2D eigenvalue weighted by Crippen LogP contribution is -2.34. The number of nitrogens with zero attached hydrogens (tertiary/aromatic N) is 2. The third-order valence-electron chi connectivity index (χ3n) is 2.37. The average molecular weight is 245 g/mol. The zero-order valence-corrected chi connectivity index (χ0v) is 9.18. The number of H-pyrrole nitrogens is 1. The monoisotopic (exact) mass is 245 g/mol. The van der Waals surface area contributed by atoms with Crippen molar-refractivity contribution in [2.45, 2.75) is 6.54 Å². The van der Waals surface area contributed by atoms with Crippen molar-refractivity contribution in [1.82, 2.24) is 9.55 Å². The van der Waals surface area contributed by atoms with E-state index in [0.717, 1.165) is 10.6 Å². The molecule has 0 saturated heterocycles. The maximum atomic E-state index is 13.2. The Labute approximate surface area is 101 Å². The lowest BCUT2D eigenvalue weighted by atomic mass is 10.1. The molecule has 0 aliphatic carbocycles. The molecule has 0 bridgehead atoms. The van der Waals surface area contributed by atoms with Gasteiger partial charge in [-0.15, -0.1) is 0 Å². The van der Waals surface area contributed by atoms with Crippen LogP contribution >= 0.6 is 0 Å². The molecule has 5 nitrogen and oxygen atoms in total. The van der Waals surface area contributed by atoms with E-state index in [2.05, 4.69) is 4.98 Å². The Hall–Kier alpha value is -2.68. The fraction of sp³-hybridized carbons (Fsp3) is 0.0833. The molecule has 90 valence electrons. The summed E-state index contributed by atoms with van der Waals surface area (Å²) in [6, 6.07) is 6.71. The van der Waals surface area contributed by atoms with Gasteiger partial charge in [0.05, 0.1) is 18.2 Å². The maximum Gasteiger partial charge on any atom is 0.328 e. The molecule has 0 amide bonds. The molecule has 1 heterocycles. The molecule has 18 heavy (non-hydrogen) atoms. The first kappa shape index (κ1) is 11.8. The van der Waals surface area contributed by atoms with Gasteiger partial charge in [-0.25, -0.2) is 9.18 Å². The Balaban J connectivity index is 2.47. The predicted molar refractivity (Wildman–Crippen MR) is 61.5 cm³/mol. The molecule has 0 fully saturated rings. The SMILES string of the molecule is N#Cc1cc(F)cc(Cn2c(=O)cc[nH]c2=O)c1. The molecule has 0 aliphatic heterocycles. The zero-order chi connectivity index (χ0) is 13.1. The third-order valence-corrected chi connectivity index (χ3v) is 2.37. The van der Waals surface area contributed by atoms with Gasteiger partial charge in [0.2, 0.25) is 0 Å². The normalized spacial score (nSPS) is 10.0. The van der Waals surface area contributed by atoms with Crippen molar-refractivity contribution in [2.75, 3.05) is 0 Å². The van der Waals surface area contributed by atoms with Gasteiger partial charge >= 0.3 is 5.69 Å². The van der Waals surface area contributed by atoms with Crippen LogP contribution in [0.1, 0.15) is 11.1 Å². The largest absolute Gasteiger partial charge is 0.328 e. The molecule has 0 unspecified atom stereocenters. The van der Waals surface area contributed by atoms with E-state index in [-0.39, 0.29) is 12.1 Å². The number of aromatic amines is 1. The van der Waals surface area contributed by atoms with Crippen molar-refractivity contribution >= 4 is 0 Å². The van der Waals surface area contributed by atoms with Crippen LogP contribution in [-0.2, 0) is 6.54 Å². The number of halogens is 1. The summed E-state index contributed by atoms with van der Waals surface area (Å²) in [6.07, 6.45) is 1.24. The van der Waals surface area contributed by atoms with Gasteiger partial charge in [0.25, 0.3) is 5.56 Å². The summed E-state index contributed by atoms with van der Waals surface area (Å²) in [6.45, 7) is -0.0819. The molecule has 1 aromatic carbocycles. The molecule has 1 N–H and O–H groups in total. The fourth-order valence-corrected chi connectivity index (χ4v) is 1.59. The highest BCUT2D eigenvalue weighted by molar-refractivity contribution is 5.33. The summed E-state index contributed by atoms with van der Waals surface area (Å²) < 4.78 is 14.1. The molecule has 2 rings (SSSR count). The lowest BCUT2D eigenvalue weighted by molar-refractivity contribution is 0.620. The first-order valence-electron chi connectivity index (χ1n) is 5.08. The summed E-state index contributed by atoms with van der Waals surface area (Å²) in [5, 5.41) is 8.71. The van der Waals surface area contributed by atoms with Crippen LogP contribution in [0.5, 0.6) is 0 Å². The first-order chi connectivity index (χ1) is 8.60. The Morgan fingerprint density at radius 3 is 2.78 bits per heavy atom. The molecule has 0 aliphatic rings. The van der Waals surface area contributed by atoms with Crippen LogP contribution in [0.3, 0.4) is 0 Å². The van der Waals surface area contributed by atoms with Gasteiger partial charge < -0.3 is 4.98 Å². The second-order valence-electron chi connectivity index (χ2n) is 3.67. The van der Waals surface area contributed by atoms with Gasteiger partial charge in [-0.05, 0) is 23.8 Å². The van der Waals surface area contributed by atoms with Crippen molar-refractivity contribution in [2.24, 2.45) is 0 Å². The van der Waals surface area contributed by atoms with E-state index >= 15 is 0 Å². The van der Waals surface area contributed by atoms with Crippen molar-refractivity contribution < 1.29 is 4.39 Å². The first-order valence-corrected chi connectivity index (χ1v) is 5.08. The minimum Gasteiger partial charge on any atom is -0.314 e. The van der Waals surface area contributed by atoms with Crippen molar-refractivity contribution in [1.29, 1.82) is 5.26 Å². The summed E-state index contributed by atoms with van der Waals surface area (Å²) in [5.74, 6) is -0.579. The minimum atomic E-state index is -0.579. The average Bonchev–Trinajstić information content (AvgIpc) is 2.33. The van der Waals surface area contributed by atoms with E-state index in [1.54, 1.807) is 0 Å². The maximum absolute atomic E-state index is 13.2. The second kappa shape index (κ2) is 4.67. The molecular formula is C12H8FN3O2. The van der Waals surface area contributed by atoms with Gasteiger partial charge in [-0.2, -0.15) is 5.26 Å². The topological polar surface area (TPSA) is 78.7 Å². The highest BCUT2D eigenvalue weighted by Crippen LogP contribution is 2.08. The van der Waals surface area contributed by atoms with E-state index in [4.69, 9.17) is 5.26 Å². The Bertz CT molecular complexity index is 712. The summed E-state index contributed by atoms with van der Waals surface area (Å²) in [7, 11) is 0. The lowest BCUT2D eigenvalue weighted by Gasteiger charge is -2.04. The van der Waals surface area contributed by atoms with Crippen molar-refractivity contribution in [3.63, 3.8) is 0 Å². The van der Waals surface area contributed by atoms with Gasteiger partial charge in [0.15, 0.2) is 0 Å². The van der Waals surface area contributed by atoms with Gasteiger partial charge in [-0.1, -0.05) is 0 Å². The number of hydrogen-bond acceptors (Lipinski definition) is 3. The number of benzene rings is 1. The van der Waals surface area contributed by atoms with Crippen LogP contribution in [0.2, 0.25) is 0 Å². The van der Waals surface area contributed by atoms with E-state index in [1.165, 1.54) is 24.4 Å². The number of rotatable bonds is 2. The third kappa shape index (κ3) is 2.35. The summed E-state index contributed by atoms with van der Waals surface area (Å²) in [5.41, 5.74) is -0.539. The molecule has 0 atom stereocenters.